The largest absolute Gasteiger partial charge is 0.513 e. The number of hydrogen-bond acceptors (Lipinski definition) is 4. The molecule has 0 aliphatic rings. The van der Waals surface area contributed by atoms with Gasteiger partial charge < -0.3 is 20.1 Å². The Morgan fingerprint density at radius 2 is 1.88 bits per heavy atom. The number of amides is 2. The summed E-state index contributed by atoms with van der Waals surface area (Å²) in [5.74, 6) is 0.346. The molecule has 2 N–H and O–H groups in total. The van der Waals surface area contributed by atoms with E-state index in [1.165, 1.54) is 0 Å². The van der Waals surface area contributed by atoms with Gasteiger partial charge in [0, 0.05) is 16.7 Å². The number of rotatable bonds is 6. The van der Waals surface area contributed by atoms with Crippen molar-refractivity contribution < 1.29 is 19.1 Å². The smallest absolute Gasteiger partial charge is 0.434 e. The van der Waals surface area contributed by atoms with Crippen molar-refractivity contribution in [1.82, 2.24) is 5.32 Å². The molecule has 0 unspecified atom stereocenters. The van der Waals surface area contributed by atoms with E-state index in [0.29, 0.717) is 18.0 Å². The van der Waals surface area contributed by atoms with Crippen molar-refractivity contribution >= 4 is 33.8 Å². The maximum absolute atomic E-state index is 11.9. The van der Waals surface area contributed by atoms with Gasteiger partial charge in [-0.3, -0.25) is 0 Å². The normalized spacial score (nSPS) is 10.0. The number of hydrogen-bond donors (Lipinski definition) is 2. The fourth-order valence-electron chi connectivity index (χ4n) is 2.04. The van der Waals surface area contributed by atoms with Crippen LogP contribution in [0.15, 0.2) is 53.0 Å². The summed E-state index contributed by atoms with van der Waals surface area (Å²) in [5.41, 5.74) is 1.73. The van der Waals surface area contributed by atoms with Gasteiger partial charge in [0.2, 0.25) is 0 Å². The van der Waals surface area contributed by atoms with Crippen molar-refractivity contribution in [3.05, 3.63) is 58.6 Å². The molecule has 0 aliphatic carbocycles. The van der Waals surface area contributed by atoms with Crippen LogP contribution in [0.2, 0.25) is 0 Å². The first-order valence-corrected chi connectivity index (χ1v) is 8.60. The first-order valence-electron chi connectivity index (χ1n) is 7.81. The van der Waals surface area contributed by atoms with Gasteiger partial charge in [0.25, 0.3) is 0 Å². The van der Waals surface area contributed by atoms with Gasteiger partial charge in [-0.25, -0.2) is 9.59 Å². The molecule has 0 aromatic heterocycles. The molecule has 0 bridgehead atoms. The topological polar surface area (TPSA) is 76.7 Å². The molecule has 0 heterocycles. The van der Waals surface area contributed by atoms with Crippen molar-refractivity contribution in [2.24, 2.45) is 0 Å². The van der Waals surface area contributed by atoms with E-state index in [4.69, 9.17) is 4.74 Å². The molecule has 2 aromatic carbocycles. The Labute approximate surface area is 154 Å². The minimum Gasteiger partial charge on any atom is -0.434 e. The van der Waals surface area contributed by atoms with Crippen LogP contribution in [0.25, 0.3) is 0 Å². The molecule has 132 valence electrons. The highest BCUT2D eigenvalue weighted by Gasteiger charge is 2.06. The fraction of sp³-hybridized carbons (Fsp3) is 0.222. The van der Waals surface area contributed by atoms with Gasteiger partial charge in [-0.15, -0.1) is 0 Å². The van der Waals surface area contributed by atoms with Crippen LogP contribution in [0.5, 0.6) is 5.75 Å². The zero-order chi connectivity index (χ0) is 18.1. The predicted molar refractivity (Wildman–Crippen MR) is 99.0 cm³/mol. The van der Waals surface area contributed by atoms with Gasteiger partial charge >= 0.3 is 12.2 Å². The van der Waals surface area contributed by atoms with Gasteiger partial charge in [-0.05, 0) is 55.3 Å². The Hall–Kier alpha value is -2.54. The molecule has 0 radical (unpaired) electrons. The highest BCUT2D eigenvalue weighted by atomic mass is 79.9. The van der Waals surface area contributed by atoms with E-state index < -0.39 is 6.16 Å². The van der Waals surface area contributed by atoms with Crippen molar-refractivity contribution in [3.63, 3.8) is 0 Å². The Balaban J connectivity index is 1.75. The average Bonchev–Trinajstić information content (AvgIpc) is 2.57. The van der Waals surface area contributed by atoms with E-state index in [0.717, 1.165) is 16.5 Å². The third kappa shape index (κ3) is 6.84. The van der Waals surface area contributed by atoms with Gasteiger partial charge in [0.15, 0.2) is 0 Å². The highest BCUT2D eigenvalue weighted by Crippen LogP contribution is 2.16. The van der Waals surface area contributed by atoms with E-state index in [2.05, 4.69) is 31.3 Å². The van der Waals surface area contributed by atoms with Crippen LogP contribution in [0.3, 0.4) is 0 Å². The summed E-state index contributed by atoms with van der Waals surface area (Å²) in [6.45, 7) is 2.47. The van der Waals surface area contributed by atoms with Crippen molar-refractivity contribution in [2.45, 2.75) is 13.3 Å². The third-order valence-electron chi connectivity index (χ3n) is 3.16. The number of ether oxygens (including phenoxy) is 2. The lowest BCUT2D eigenvalue weighted by Crippen LogP contribution is -2.30. The lowest BCUT2D eigenvalue weighted by molar-refractivity contribution is 0.104. The van der Waals surface area contributed by atoms with E-state index in [1.54, 1.807) is 31.2 Å². The Bertz CT molecular complexity index is 719. The van der Waals surface area contributed by atoms with Crippen molar-refractivity contribution in [1.29, 1.82) is 0 Å². The minimum atomic E-state index is -0.756. The van der Waals surface area contributed by atoms with E-state index in [1.807, 2.05) is 24.3 Å². The molecule has 2 aromatic rings. The number of benzene rings is 2. The standard InChI is InChI=1S/C18H19BrN2O4/c1-2-24-18(23)25-16-8-6-15(7-9-16)21-17(22)20-11-10-13-4-3-5-14(19)12-13/h3-9,12H,2,10-11H2,1H3,(H2,20,21,22). The zero-order valence-electron chi connectivity index (χ0n) is 13.8. The molecule has 2 amide bonds. The average molecular weight is 407 g/mol. The zero-order valence-corrected chi connectivity index (χ0v) is 15.3. The van der Waals surface area contributed by atoms with Crippen molar-refractivity contribution in [2.75, 3.05) is 18.5 Å². The van der Waals surface area contributed by atoms with Crippen LogP contribution >= 0.6 is 15.9 Å². The summed E-state index contributed by atoms with van der Waals surface area (Å²) >= 11 is 3.42. The molecule has 2 rings (SSSR count). The van der Waals surface area contributed by atoms with Crippen LogP contribution < -0.4 is 15.4 Å². The Kier molecular flexibility index (Phi) is 7.28. The maximum atomic E-state index is 11.9. The Morgan fingerprint density at radius 3 is 2.56 bits per heavy atom. The van der Waals surface area contributed by atoms with Crippen LogP contribution in [0.1, 0.15) is 12.5 Å². The number of urea groups is 1. The number of nitrogens with one attached hydrogen (secondary N) is 2. The van der Waals surface area contributed by atoms with Crippen LogP contribution in [0, 0.1) is 0 Å². The molecule has 25 heavy (non-hydrogen) atoms. The molecule has 0 aliphatic heterocycles. The second-order valence-electron chi connectivity index (χ2n) is 5.07. The SMILES string of the molecule is CCOC(=O)Oc1ccc(NC(=O)NCCc2cccc(Br)c2)cc1. The van der Waals surface area contributed by atoms with Gasteiger partial charge in [-0.2, -0.15) is 0 Å². The van der Waals surface area contributed by atoms with Crippen LogP contribution in [-0.2, 0) is 11.2 Å². The molecule has 0 fully saturated rings. The van der Waals surface area contributed by atoms with Crippen LogP contribution in [-0.4, -0.2) is 25.3 Å². The van der Waals surface area contributed by atoms with Crippen molar-refractivity contribution in [3.8, 4) is 5.75 Å². The monoisotopic (exact) mass is 406 g/mol. The maximum Gasteiger partial charge on any atom is 0.513 e. The quantitative estimate of drug-likeness (QED) is 0.552. The fourth-order valence-corrected chi connectivity index (χ4v) is 2.48. The molecular formula is C18H19BrN2O4. The lowest BCUT2D eigenvalue weighted by Gasteiger charge is -2.09. The van der Waals surface area contributed by atoms with E-state index in [-0.39, 0.29) is 12.6 Å². The van der Waals surface area contributed by atoms with Gasteiger partial charge in [-0.1, -0.05) is 28.1 Å². The molecule has 0 spiro atoms. The number of carbonyl (C=O) groups is 2. The van der Waals surface area contributed by atoms with Gasteiger partial charge in [0.05, 0.1) is 6.61 Å². The summed E-state index contributed by atoms with van der Waals surface area (Å²) in [4.78, 5) is 23.1. The molecular weight excluding hydrogens is 388 g/mol. The number of carbonyl (C=O) groups excluding carboxylic acids is 2. The minimum absolute atomic E-state index is 0.249. The highest BCUT2D eigenvalue weighted by molar-refractivity contribution is 9.10. The molecule has 0 saturated carbocycles. The van der Waals surface area contributed by atoms with E-state index in [9.17, 15) is 9.59 Å². The van der Waals surface area contributed by atoms with Crippen LogP contribution in [0.4, 0.5) is 15.3 Å². The first-order chi connectivity index (χ1) is 12.1. The lowest BCUT2D eigenvalue weighted by atomic mass is 10.1. The summed E-state index contributed by atoms with van der Waals surface area (Å²) in [6, 6.07) is 14.1. The third-order valence-corrected chi connectivity index (χ3v) is 3.66. The number of anilines is 1. The summed E-state index contributed by atoms with van der Waals surface area (Å²) in [7, 11) is 0. The Morgan fingerprint density at radius 1 is 1.12 bits per heavy atom. The summed E-state index contributed by atoms with van der Waals surface area (Å²) in [5, 5.41) is 5.51. The summed E-state index contributed by atoms with van der Waals surface area (Å²) < 4.78 is 10.6. The molecule has 6 nitrogen and oxygen atoms in total. The van der Waals surface area contributed by atoms with Gasteiger partial charge in [0.1, 0.15) is 5.75 Å². The second-order valence-corrected chi connectivity index (χ2v) is 5.99. The first kappa shape index (κ1) is 18.8. The number of halogens is 1. The second kappa shape index (κ2) is 9.68. The predicted octanol–water partition coefficient (Wildman–Crippen LogP) is 4.35. The molecule has 0 atom stereocenters. The van der Waals surface area contributed by atoms with E-state index >= 15 is 0 Å². The summed E-state index contributed by atoms with van der Waals surface area (Å²) in [6.07, 6.45) is -0.0207. The molecule has 0 saturated heterocycles. The molecule has 7 heteroatoms.